The van der Waals surface area contributed by atoms with E-state index in [1.807, 2.05) is 0 Å². The lowest BCUT2D eigenvalue weighted by Crippen LogP contribution is -2.53. The molecule has 0 amide bonds. The molecule has 0 unspecified atom stereocenters. The van der Waals surface area contributed by atoms with Crippen molar-refractivity contribution in [1.29, 1.82) is 0 Å². The average molecular weight is 307 g/mol. The summed E-state index contributed by atoms with van der Waals surface area (Å²) in [4.78, 5) is 12.0. The number of ether oxygens (including phenoxy) is 1. The van der Waals surface area contributed by atoms with E-state index in [1.54, 1.807) is 0 Å². The Hall–Kier alpha value is -1.67. The first-order valence-electron chi connectivity index (χ1n) is 6.21. The maximum Gasteiger partial charge on any atom is 0.573 e. The molecule has 0 aromatic heterocycles. The van der Waals surface area contributed by atoms with Gasteiger partial charge in [-0.15, -0.1) is 13.2 Å². The van der Waals surface area contributed by atoms with Crippen molar-refractivity contribution in [2.45, 2.75) is 37.3 Å². The van der Waals surface area contributed by atoms with E-state index in [1.165, 1.54) is 0 Å². The van der Waals surface area contributed by atoms with Gasteiger partial charge in [-0.25, -0.2) is 4.39 Å². The summed E-state index contributed by atoms with van der Waals surface area (Å²) in [5, 5.41) is 9.56. The summed E-state index contributed by atoms with van der Waals surface area (Å²) >= 11 is 0. The Kier molecular flexibility index (Phi) is 3.94. The van der Waals surface area contributed by atoms with E-state index in [4.69, 9.17) is 5.73 Å². The summed E-state index contributed by atoms with van der Waals surface area (Å²) in [5.41, 5.74) is 3.60. The summed E-state index contributed by atoms with van der Waals surface area (Å²) in [7, 11) is 0. The van der Waals surface area contributed by atoms with Crippen LogP contribution in [0.2, 0.25) is 0 Å². The van der Waals surface area contributed by atoms with E-state index >= 15 is 0 Å². The SMILES string of the molecule is N[C@@]1(c2cccc(OC(F)(F)F)c2F)CCC[C@@H](O)C1=O. The van der Waals surface area contributed by atoms with Gasteiger partial charge >= 0.3 is 6.36 Å². The Morgan fingerprint density at radius 1 is 1.38 bits per heavy atom. The van der Waals surface area contributed by atoms with E-state index < -0.39 is 40.9 Å². The zero-order valence-electron chi connectivity index (χ0n) is 10.8. The predicted molar refractivity (Wildman–Crippen MR) is 63.8 cm³/mol. The van der Waals surface area contributed by atoms with Gasteiger partial charge in [0.1, 0.15) is 11.6 Å². The Labute approximate surface area is 117 Å². The number of carbonyl (C=O) groups excluding carboxylic acids is 1. The first-order chi connectivity index (χ1) is 9.65. The van der Waals surface area contributed by atoms with Gasteiger partial charge in [0.05, 0.1) is 0 Å². The van der Waals surface area contributed by atoms with Gasteiger partial charge in [-0.05, 0) is 25.3 Å². The van der Waals surface area contributed by atoms with Crippen LogP contribution in [-0.4, -0.2) is 23.4 Å². The number of halogens is 4. The molecule has 0 aliphatic heterocycles. The van der Waals surface area contributed by atoms with Gasteiger partial charge in [0.15, 0.2) is 17.3 Å². The second-order valence-electron chi connectivity index (χ2n) is 4.91. The number of hydrogen-bond acceptors (Lipinski definition) is 4. The van der Waals surface area contributed by atoms with Gasteiger partial charge in [-0.2, -0.15) is 0 Å². The summed E-state index contributed by atoms with van der Waals surface area (Å²) in [6.07, 6.45) is -5.83. The van der Waals surface area contributed by atoms with Crippen molar-refractivity contribution < 1.29 is 32.2 Å². The van der Waals surface area contributed by atoms with E-state index in [9.17, 15) is 27.5 Å². The number of alkyl halides is 3. The summed E-state index contributed by atoms with van der Waals surface area (Å²) < 4.78 is 54.4. The molecule has 1 aromatic carbocycles. The minimum atomic E-state index is -5.06. The maximum atomic E-state index is 14.2. The van der Waals surface area contributed by atoms with E-state index in [2.05, 4.69) is 4.74 Å². The number of Topliss-reactive ketones (excluding diaryl/α,β-unsaturated/α-hetero) is 1. The highest BCUT2D eigenvalue weighted by Gasteiger charge is 2.45. The first-order valence-corrected chi connectivity index (χ1v) is 6.21. The Balaban J connectivity index is 2.44. The van der Waals surface area contributed by atoms with Crippen LogP contribution in [0, 0.1) is 5.82 Å². The van der Waals surface area contributed by atoms with Crippen molar-refractivity contribution in [2.75, 3.05) is 0 Å². The van der Waals surface area contributed by atoms with Gasteiger partial charge in [0.25, 0.3) is 0 Å². The Bertz CT molecular complexity index is 561. The average Bonchev–Trinajstić information content (AvgIpc) is 2.37. The number of nitrogens with two attached hydrogens (primary N) is 1. The third kappa shape index (κ3) is 3.01. The van der Waals surface area contributed by atoms with Crippen molar-refractivity contribution in [3.63, 3.8) is 0 Å². The van der Waals surface area contributed by atoms with Gasteiger partial charge in [-0.3, -0.25) is 4.79 Å². The number of carbonyl (C=O) groups is 1. The first kappa shape index (κ1) is 15.7. The molecule has 4 nitrogen and oxygen atoms in total. The normalized spacial score (nSPS) is 26.8. The molecular formula is C13H13F4NO3. The smallest absolute Gasteiger partial charge is 0.403 e. The number of aliphatic hydroxyl groups is 1. The van der Waals surface area contributed by atoms with Crippen LogP contribution < -0.4 is 10.5 Å². The zero-order chi connectivity index (χ0) is 15.8. The maximum absolute atomic E-state index is 14.2. The topological polar surface area (TPSA) is 72.6 Å². The van der Waals surface area contributed by atoms with Crippen LogP contribution in [0.15, 0.2) is 18.2 Å². The number of hydrogen-bond donors (Lipinski definition) is 2. The van der Waals surface area contributed by atoms with Gasteiger partial charge in [-0.1, -0.05) is 12.1 Å². The molecule has 1 aliphatic carbocycles. The predicted octanol–water partition coefficient (Wildman–Crippen LogP) is 1.99. The second-order valence-corrected chi connectivity index (χ2v) is 4.91. The lowest BCUT2D eigenvalue weighted by atomic mass is 9.75. The summed E-state index contributed by atoms with van der Waals surface area (Å²) in [6, 6.07) is 3.02. The van der Waals surface area contributed by atoms with Crippen LogP contribution >= 0.6 is 0 Å². The van der Waals surface area contributed by atoms with E-state index in [0.717, 1.165) is 18.2 Å². The van der Waals surface area contributed by atoms with E-state index in [-0.39, 0.29) is 12.8 Å². The van der Waals surface area contributed by atoms with Crippen molar-refractivity contribution in [1.82, 2.24) is 0 Å². The van der Waals surface area contributed by atoms with E-state index in [0.29, 0.717) is 6.42 Å². The molecule has 2 atom stereocenters. The molecule has 1 aliphatic rings. The van der Waals surface area contributed by atoms with Gasteiger partial charge in [0, 0.05) is 5.56 Å². The number of benzene rings is 1. The molecule has 116 valence electrons. The monoisotopic (exact) mass is 307 g/mol. The number of rotatable bonds is 2. The van der Waals surface area contributed by atoms with Crippen molar-refractivity contribution in [3.8, 4) is 5.75 Å². The molecule has 1 saturated carbocycles. The molecule has 3 N–H and O–H groups in total. The minimum Gasteiger partial charge on any atom is -0.403 e. The largest absolute Gasteiger partial charge is 0.573 e. The van der Waals surface area contributed by atoms with Crippen LogP contribution in [0.25, 0.3) is 0 Å². The molecule has 1 aromatic rings. The molecule has 8 heteroatoms. The van der Waals surface area contributed by atoms with Crippen molar-refractivity contribution in [3.05, 3.63) is 29.6 Å². The highest BCUT2D eigenvalue weighted by molar-refractivity contribution is 5.93. The van der Waals surface area contributed by atoms with Crippen LogP contribution in [0.4, 0.5) is 17.6 Å². The lowest BCUT2D eigenvalue weighted by Gasteiger charge is -2.35. The summed E-state index contributed by atoms with van der Waals surface area (Å²) in [6.45, 7) is 0. The third-order valence-corrected chi connectivity index (χ3v) is 3.46. The summed E-state index contributed by atoms with van der Waals surface area (Å²) in [5.74, 6) is -3.21. The number of aliphatic hydroxyl groups excluding tert-OH is 1. The van der Waals surface area contributed by atoms with Crippen LogP contribution in [-0.2, 0) is 10.3 Å². The standard InChI is InChI=1S/C13H13F4NO3/c14-10-7(3-1-5-9(10)21-13(15,16)17)12(18)6-2-4-8(19)11(12)20/h1,3,5,8,19H,2,4,6,18H2/t8-,12-/m1/s1. The third-order valence-electron chi connectivity index (χ3n) is 3.46. The molecule has 21 heavy (non-hydrogen) atoms. The molecular weight excluding hydrogens is 294 g/mol. The second kappa shape index (κ2) is 5.27. The fourth-order valence-electron chi connectivity index (χ4n) is 2.45. The molecule has 2 rings (SSSR count). The fourth-order valence-corrected chi connectivity index (χ4v) is 2.45. The van der Waals surface area contributed by atoms with Crippen LogP contribution in [0.1, 0.15) is 24.8 Å². The molecule has 0 saturated heterocycles. The molecule has 0 radical (unpaired) electrons. The van der Waals surface area contributed by atoms with Crippen molar-refractivity contribution >= 4 is 5.78 Å². The quantitative estimate of drug-likeness (QED) is 0.820. The minimum absolute atomic E-state index is 0.0370. The Morgan fingerprint density at radius 3 is 2.67 bits per heavy atom. The molecule has 1 fully saturated rings. The van der Waals surface area contributed by atoms with Crippen LogP contribution in [0.5, 0.6) is 5.75 Å². The zero-order valence-corrected chi connectivity index (χ0v) is 10.8. The highest BCUT2D eigenvalue weighted by atomic mass is 19.4. The lowest BCUT2D eigenvalue weighted by molar-refractivity contribution is -0.275. The number of ketones is 1. The van der Waals surface area contributed by atoms with Gasteiger partial charge in [0.2, 0.25) is 0 Å². The fraction of sp³-hybridized carbons (Fsp3) is 0.462. The molecule has 0 bridgehead atoms. The van der Waals surface area contributed by atoms with Crippen molar-refractivity contribution in [2.24, 2.45) is 5.73 Å². The van der Waals surface area contributed by atoms with Crippen LogP contribution in [0.3, 0.4) is 0 Å². The Morgan fingerprint density at radius 2 is 2.05 bits per heavy atom. The highest BCUT2D eigenvalue weighted by Crippen LogP contribution is 2.37. The molecule has 0 spiro atoms. The van der Waals surface area contributed by atoms with Gasteiger partial charge < -0.3 is 15.6 Å². The molecule has 0 heterocycles.